The molecular weight excluding hydrogens is 252 g/mol. The minimum atomic E-state index is -0.419. The number of aromatic nitrogens is 2. The van der Waals surface area contributed by atoms with E-state index in [-0.39, 0.29) is 5.91 Å². The highest BCUT2D eigenvalue weighted by Crippen LogP contribution is 2.36. The fourth-order valence-corrected chi connectivity index (χ4v) is 3.00. The monoisotopic (exact) mass is 272 g/mol. The van der Waals surface area contributed by atoms with E-state index in [0.717, 1.165) is 36.7 Å². The number of carbonyl (C=O) groups is 1. The van der Waals surface area contributed by atoms with Gasteiger partial charge in [-0.05, 0) is 25.0 Å². The van der Waals surface area contributed by atoms with Crippen LogP contribution in [0.15, 0.2) is 24.3 Å². The van der Waals surface area contributed by atoms with Gasteiger partial charge in [0.15, 0.2) is 0 Å². The largest absolute Gasteiger partial charge is 0.329 e. The van der Waals surface area contributed by atoms with Crippen LogP contribution in [0.3, 0.4) is 0 Å². The van der Waals surface area contributed by atoms with Gasteiger partial charge >= 0.3 is 0 Å². The molecule has 1 aliphatic rings. The summed E-state index contributed by atoms with van der Waals surface area (Å²) >= 11 is 0. The fourth-order valence-electron chi connectivity index (χ4n) is 3.00. The first kappa shape index (κ1) is 13.1. The molecule has 0 unspecified atom stereocenters. The molecule has 1 aliphatic carbocycles. The number of nitrogens with zero attached hydrogens (tertiary/aromatic N) is 1. The van der Waals surface area contributed by atoms with Gasteiger partial charge in [-0.3, -0.25) is 10.1 Å². The molecule has 1 saturated carbocycles. The maximum Gasteiger partial charge on any atom is 0.234 e. The van der Waals surface area contributed by atoms with Crippen LogP contribution in [0.5, 0.6) is 0 Å². The van der Waals surface area contributed by atoms with Crippen molar-refractivity contribution >= 4 is 22.9 Å². The summed E-state index contributed by atoms with van der Waals surface area (Å²) in [5.74, 6) is 0.508. The fraction of sp³-hybridized carbons (Fsp3) is 0.467. The maximum absolute atomic E-state index is 12.5. The molecule has 0 bridgehead atoms. The second kappa shape index (κ2) is 5.25. The van der Waals surface area contributed by atoms with Gasteiger partial charge in [-0.2, -0.15) is 0 Å². The summed E-state index contributed by atoms with van der Waals surface area (Å²) in [5, 5.41) is 2.91. The zero-order chi connectivity index (χ0) is 14.0. The van der Waals surface area contributed by atoms with Gasteiger partial charge in [0.25, 0.3) is 0 Å². The van der Waals surface area contributed by atoms with Crippen molar-refractivity contribution in [1.82, 2.24) is 9.97 Å². The van der Waals surface area contributed by atoms with Gasteiger partial charge in [-0.1, -0.05) is 31.4 Å². The van der Waals surface area contributed by atoms with E-state index in [9.17, 15) is 4.79 Å². The lowest BCUT2D eigenvalue weighted by Crippen LogP contribution is -2.44. The molecule has 1 amide bonds. The number of hydrogen-bond acceptors (Lipinski definition) is 3. The SMILES string of the molecule is NCC1(C(=O)Nc2nc3ccccc3[nH]2)CCCCC1. The lowest BCUT2D eigenvalue weighted by Gasteiger charge is -2.34. The van der Waals surface area contributed by atoms with Gasteiger partial charge in [0, 0.05) is 6.54 Å². The number of amides is 1. The molecule has 0 spiro atoms. The summed E-state index contributed by atoms with van der Waals surface area (Å²) in [6.45, 7) is 0.402. The highest BCUT2D eigenvalue weighted by molar-refractivity contribution is 5.95. The number of nitrogens with one attached hydrogen (secondary N) is 2. The predicted molar refractivity (Wildman–Crippen MR) is 79.3 cm³/mol. The smallest absolute Gasteiger partial charge is 0.234 e. The quantitative estimate of drug-likeness (QED) is 0.802. The maximum atomic E-state index is 12.5. The van der Waals surface area contributed by atoms with Crippen LogP contribution in [0.2, 0.25) is 0 Å². The molecular formula is C15H20N4O. The number of benzene rings is 1. The Bertz CT molecular complexity index is 580. The number of hydrogen-bond donors (Lipinski definition) is 3. The molecule has 2 aromatic rings. The van der Waals surface area contributed by atoms with E-state index < -0.39 is 5.41 Å². The number of nitrogens with two attached hydrogens (primary N) is 1. The van der Waals surface area contributed by atoms with Crippen LogP contribution in [-0.4, -0.2) is 22.4 Å². The Morgan fingerprint density at radius 1 is 1.30 bits per heavy atom. The minimum Gasteiger partial charge on any atom is -0.329 e. The number of aromatic amines is 1. The topological polar surface area (TPSA) is 83.8 Å². The van der Waals surface area contributed by atoms with Crippen LogP contribution in [0.1, 0.15) is 32.1 Å². The van der Waals surface area contributed by atoms with Gasteiger partial charge in [-0.15, -0.1) is 0 Å². The highest BCUT2D eigenvalue weighted by Gasteiger charge is 2.38. The van der Waals surface area contributed by atoms with Crippen molar-refractivity contribution in [2.75, 3.05) is 11.9 Å². The van der Waals surface area contributed by atoms with Crippen molar-refractivity contribution < 1.29 is 4.79 Å². The summed E-state index contributed by atoms with van der Waals surface area (Å²) < 4.78 is 0. The van der Waals surface area contributed by atoms with E-state index in [4.69, 9.17) is 5.73 Å². The molecule has 5 heteroatoms. The van der Waals surface area contributed by atoms with Gasteiger partial charge in [0.2, 0.25) is 11.9 Å². The number of imidazole rings is 1. The third kappa shape index (κ3) is 2.29. The van der Waals surface area contributed by atoms with Gasteiger partial charge < -0.3 is 10.7 Å². The van der Waals surface area contributed by atoms with Crippen molar-refractivity contribution in [3.63, 3.8) is 0 Å². The first-order valence-electron chi connectivity index (χ1n) is 7.20. The second-order valence-corrected chi connectivity index (χ2v) is 5.60. The van der Waals surface area contributed by atoms with Crippen LogP contribution in [0, 0.1) is 5.41 Å². The normalized spacial score (nSPS) is 18.1. The molecule has 1 aromatic heterocycles. The number of H-pyrrole nitrogens is 1. The Kier molecular flexibility index (Phi) is 3.44. The Morgan fingerprint density at radius 2 is 2.05 bits per heavy atom. The zero-order valence-electron chi connectivity index (χ0n) is 11.5. The van der Waals surface area contributed by atoms with Crippen molar-refractivity contribution in [2.45, 2.75) is 32.1 Å². The Balaban J connectivity index is 1.80. The van der Waals surface area contributed by atoms with Crippen molar-refractivity contribution in [3.05, 3.63) is 24.3 Å². The summed E-state index contributed by atoms with van der Waals surface area (Å²) in [6, 6.07) is 7.73. The molecule has 0 atom stereocenters. The van der Waals surface area contributed by atoms with E-state index in [2.05, 4.69) is 15.3 Å². The molecule has 0 saturated heterocycles. The minimum absolute atomic E-state index is 0.00115. The average molecular weight is 272 g/mol. The molecule has 1 aromatic carbocycles. The third-order valence-corrected chi connectivity index (χ3v) is 4.30. The third-order valence-electron chi connectivity index (χ3n) is 4.30. The van der Waals surface area contributed by atoms with Crippen LogP contribution in [0.4, 0.5) is 5.95 Å². The van der Waals surface area contributed by atoms with Gasteiger partial charge in [0.05, 0.1) is 16.4 Å². The van der Waals surface area contributed by atoms with Gasteiger partial charge in [0.1, 0.15) is 0 Å². The number of para-hydroxylation sites is 2. The standard InChI is InChI=1S/C15H20N4O/c16-10-15(8-4-1-5-9-15)13(20)19-14-17-11-6-2-3-7-12(11)18-14/h2-3,6-7H,1,4-5,8-10,16H2,(H2,17,18,19,20). The predicted octanol–water partition coefficient (Wildman–Crippen LogP) is 2.41. The van der Waals surface area contributed by atoms with E-state index in [1.54, 1.807) is 0 Å². The lowest BCUT2D eigenvalue weighted by atomic mass is 9.73. The van der Waals surface area contributed by atoms with Crippen molar-refractivity contribution in [1.29, 1.82) is 0 Å². The molecule has 4 N–H and O–H groups in total. The number of anilines is 1. The second-order valence-electron chi connectivity index (χ2n) is 5.60. The Labute approximate surface area is 118 Å². The van der Waals surface area contributed by atoms with Crippen LogP contribution in [0.25, 0.3) is 11.0 Å². The molecule has 0 aliphatic heterocycles. The first-order valence-corrected chi connectivity index (χ1v) is 7.20. The Morgan fingerprint density at radius 3 is 2.75 bits per heavy atom. The molecule has 20 heavy (non-hydrogen) atoms. The van der Waals surface area contributed by atoms with E-state index in [0.29, 0.717) is 12.5 Å². The molecule has 3 rings (SSSR count). The number of carbonyl (C=O) groups excluding carboxylic acids is 1. The molecule has 106 valence electrons. The van der Waals surface area contributed by atoms with Crippen molar-refractivity contribution in [2.24, 2.45) is 11.1 Å². The number of rotatable bonds is 3. The van der Waals surface area contributed by atoms with Crippen LogP contribution in [-0.2, 0) is 4.79 Å². The van der Waals surface area contributed by atoms with Crippen LogP contribution >= 0.6 is 0 Å². The Hall–Kier alpha value is -1.88. The van der Waals surface area contributed by atoms with Gasteiger partial charge in [-0.25, -0.2) is 4.98 Å². The lowest BCUT2D eigenvalue weighted by molar-refractivity contribution is -0.126. The number of fused-ring (bicyclic) bond motifs is 1. The van der Waals surface area contributed by atoms with Crippen molar-refractivity contribution in [3.8, 4) is 0 Å². The van der Waals surface area contributed by atoms with E-state index >= 15 is 0 Å². The van der Waals surface area contributed by atoms with E-state index in [1.807, 2.05) is 24.3 Å². The summed E-state index contributed by atoms with van der Waals surface area (Å²) in [4.78, 5) is 20.1. The highest BCUT2D eigenvalue weighted by atomic mass is 16.2. The molecule has 1 fully saturated rings. The summed E-state index contributed by atoms with van der Waals surface area (Å²) in [6.07, 6.45) is 5.08. The summed E-state index contributed by atoms with van der Waals surface area (Å²) in [7, 11) is 0. The summed E-state index contributed by atoms with van der Waals surface area (Å²) in [5.41, 5.74) is 7.24. The van der Waals surface area contributed by atoms with E-state index in [1.165, 1.54) is 6.42 Å². The zero-order valence-corrected chi connectivity index (χ0v) is 11.5. The molecule has 5 nitrogen and oxygen atoms in total. The first-order chi connectivity index (χ1) is 9.73. The molecule has 1 heterocycles. The molecule has 0 radical (unpaired) electrons. The average Bonchev–Trinajstić information content (AvgIpc) is 2.90. The van der Waals surface area contributed by atoms with Crippen LogP contribution < -0.4 is 11.1 Å².